The first-order valence-electron chi connectivity index (χ1n) is 6.47. The molecule has 0 saturated carbocycles. The van der Waals surface area contributed by atoms with E-state index in [0.29, 0.717) is 16.8 Å². The van der Waals surface area contributed by atoms with Crippen LogP contribution in [0.1, 0.15) is 21.5 Å². The molecular weight excluding hydrogens is 278 g/mol. The van der Waals surface area contributed by atoms with Gasteiger partial charge in [0, 0.05) is 17.3 Å². The third kappa shape index (κ3) is 4.05. The predicted molar refractivity (Wildman–Crippen MR) is 83.8 cm³/mol. The van der Waals surface area contributed by atoms with E-state index in [2.05, 4.69) is 5.32 Å². The van der Waals surface area contributed by atoms with Crippen molar-refractivity contribution in [2.45, 2.75) is 0 Å². The molecule has 0 aliphatic heterocycles. The summed E-state index contributed by atoms with van der Waals surface area (Å²) in [5.41, 5.74) is 7.48. The van der Waals surface area contributed by atoms with Gasteiger partial charge in [-0.25, -0.2) is 0 Å². The van der Waals surface area contributed by atoms with Gasteiger partial charge < -0.3 is 11.1 Å². The van der Waals surface area contributed by atoms with Crippen LogP contribution in [-0.2, 0) is 4.79 Å². The Kier molecular flexibility index (Phi) is 4.68. The third-order valence-electron chi connectivity index (χ3n) is 2.90. The van der Waals surface area contributed by atoms with Crippen molar-refractivity contribution in [1.82, 2.24) is 0 Å². The molecule has 5 nitrogen and oxygen atoms in total. The van der Waals surface area contributed by atoms with Crippen molar-refractivity contribution in [3.8, 4) is 6.07 Å². The zero-order valence-electron chi connectivity index (χ0n) is 11.6. The highest BCUT2D eigenvalue weighted by Gasteiger charge is 2.00. The molecule has 0 radical (unpaired) electrons. The summed E-state index contributed by atoms with van der Waals surface area (Å²) >= 11 is 0. The molecule has 0 aromatic heterocycles. The van der Waals surface area contributed by atoms with E-state index in [9.17, 15) is 9.59 Å². The average Bonchev–Trinajstić information content (AvgIpc) is 2.54. The molecule has 0 spiro atoms. The summed E-state index contributed by atoms with van der Waals surface area (Å²) < 4.78 is 0. The second-order valence-corrected chi connectivity index (χ2v) is 4.50. The van der Waals surface area contributed by atoms with Crippen molar-refractivity contribution in [3.05, 3.63) is 71.3 Å². The quantitative estimate of drug-likeness (QED) is 0.846. The van der Waals surface area contributed by atoms with Gasteiger partial charge in [-0.15, -0.1) is 0 Å². The van der Waals surface area contributed by atoms with E-state index >= 15 is 0 Å². The number of amides is 2. The molecule has 108 valence electrons. The fourth-order valence-electron chi connectivity index (χ4n) is 1.74. The van der Waals surface area contributed by atoms with E-state index in [1.807, 2.05) is 6.07 Å². The highest BCUT2D eigenvalue weighted by molar-refractivity contribution is 6.02. The molecule has 0 heterocycles. The summed E-state index contributed by atoms with van der Waals surface area (Å²) in [6.07, 6.45) is 3.02. The van der Waals surface area contributed by atoms with Crippen LogP contribution < -0.4 is 11.1 Å². The highest BCUT2D eigenvalue weighted by Crippen LogP contribution is 2.09. The Morgan fingerprint density at radius 1 is 1.05 bits per heavy atom. The summed E-state index contributed by atoms with van der Waals surface area (Å²) in [4.78, 5) is 22.7. The smallest absolute Gasteiger partial charge is 0.248 e. The molecule has 0 aliphatic carbocycles. The first kappa shape index (κ1) is 15.0. The lowest BCUT2D eigenvalue weighted by Crippen LogP contribution is -2.10. The molecule has 0 atom stereocenters. The number of anilines is 1. The van der Waals surface area contributed by atoms with E-state index in [-0.39, 0.29) is 5.91 Å². The van der Waals surface area contributed by atoms with Gasteiger partial charge in [-0.2, -0.15) is 5.26 Å². The van der Waals surface area contributed by atoms with Gasteiger partial charge in [0.05, 0.1) is 11.6 Å². The van der Waals surface area contributed by atoms with Crippen molar-refractivity contribution in [3.63, 3.8) is 0 Å². The molecule has 5 heteroatoms. The largest absolute Gasteiger partial charge is 0.366 e. The van der Waals surface area contributed by atoms with Crippen LogP contribution in [0.4, 0.5) is 5.69 Å². The molecule has 0 saturated heterocycles. The monoisotopic (exact) mass is 291 g/mol. The van der Waals surface area contributed by atoms with Crippen molar-refractivity contribution < 1.29 is 9.59 Å². The second kappa shape index (κ2) is 6.86. The van der Waals surface area contributed by atoms with Crippen molar-refractivity contribution in [2.24, 2.45) is 5.73 Å². The van der Waals surface area contributed by atoms with Crippen LogP contribution in [0.3, 0.4) is 0 Å². The molecular formula is C17H13N3O2. The minimum Gasteiger partial charge on any atom is -0.366 e. The number of hydrogen-bond acceptors (Lipinski definition) is 3. The number of nitriles is 1. The summed E-state index contributed by atoms with van der Waals surface area (Å²) in [5, 5.41) is 11.4. The topological polar surface area (TPSA) is 96.0 Å². The van der Waals surface area contributed by atoms with Crippen LogP contribution >= 0.6 is 0 Å². The van der Waals surface area contributed by atoms with Gasteiger partial charge in [0.25, 0.3) is 0 Å². The number of carbonyl (C=O) groups is 2. The van der Waals surface area contributed by atoms with Crippen LogP contribution in [0.25, 0.3) is 6.08 Å². The SMILES string of the molecule is N#Cc1ccc(NC(=O)/C=C/c2ccc(C(N)=O)cc2)cc1. The first-order valence-corrected chi connectivity index (χ1v) is 6.47. The molecule has 22 heavy (non-hydrogen) atoms. The Morgan fingerprint density at radius 3 is 2.23 bits per heavy atom. The third-order valence-corrected chi connectivity index (χ3v) is 2.90. The standard InChI is InChI=1S/C17H13N3O2/c18-11-13-3-8-15(9-4-13)20-16(21)10-5-12-1-6-14(7-2-12)17(19)22/h1-10H,(H2,19,22)(H,20,21)/b10-5+. The lowest BCUT2D eigenvalue weighted by atomic mass is 10.1. The molecule has 0 unspecified atom stereocenters. The van der Waals surface area contributed by atoms with Gasteiger partial charge >= 0.3 is 0 Å². The first-order chi connectivity index (χ1) is 10.6. The lowest BCUT2D eigenvalue weighted by molar-refractivity contribution is -0.111. The molecule has 2 aromatic carbocycles. The Morgan fingerprint density at radius 2 is 1.68 bits per heavy atom. The van der Waals surface area contributed by atoms with E-state index in [4.69, 9.17) is 11.0 Å². The van der Waals surface area contributed by atoms with Crippen molar-refractivity contribution in [2.75, 3.05) is 5.32 Å². The Labute approximate surface area is 127 Å². The second-order valence-electron chi connectivity index (χ2n) is 4.50. The Balaban J connectivity index is 1.98. The van der Waals surface area contributed by atoms with E-state index in [0.717, 1.165) is 5.56 Å². The van der Waals surface area contributed by atoms with E-state index in [1.54, 1.807) is 54.6 Å². The number of nitrogens with one attached hydrogen (secondary N) is 1. The highest BCUT2D eigenvalue weighted by atomic mass is 16.1. The molecule has 2 rings (SSSR count). The molecule has 0 bridgehead atoms. The number of nitrogens with zero attached hydrogens (tertiary/aromatic N) is 1. The van der Waals surface area contributed by atoms with Gasteiger partial charge in [0.1, 0.15) is 0 Å². The Bertz CT molecular complexity index is 754. The van der Waals surface area contributed by atoms with Gasteiger partial charge in [-0.3, -0.25) is 9.59 Å². The fourth-order valence-corrected chi connectivity index (χ4v) is 1.74. The minimum absolute atomic E-state index is 0.288. The number of nitrogens with two attached hydrogens (primary N) is 1. The molecule has 2 aromatic rings. The summed E-state index contributed by atoms with van der Waals surface area (Å²) in [5.74, 6) is -0.780. The lowest BCUT2D eigenvalue weighted by Gasteiger charge is -2.01. The molecule has 0 fully saturated rings. The Hall–Kier alpha value is -3.39. The summed E-state index contributed by atoms with van der Waals surface area (Å²) in [7, 11) is 0. The van der Waals surface area contributed by atoms with Crippen molar-refractivity contribution >= 4 is 23.6 Å². The van der Waals surface area contributed by atoms with Crippen LogP contribution in [0.2, 0.25) is 0 Å². The van der Waals surface area contributed by atoms with Gasteiger partial charge in [-0.1, -0.05) is 12.1 Å². The zero-order chi connectivity index (χ0) is 15.9. The fraction of sp³-hybridized carbons (Fsp3) is 0. The number of primary amides is 1. The number of rotatable bonds is 4. The minimum atomic E-state index is -0.492. The molecule has 2 amide bonds. The van der Waals surface area contributed by atoms with Crippen LogP contribution in [0.5, 0.6) is 0 Å². The number of benzene rings is 2. The predicted octanol–water partition coefficient (Wildman–Crippen LogP) is 2.31. The molecule has 0 aliphatic rings. The number of carbonyl (C=O) groups excluding carboxylic acids is 2. The average molecular weight is 291 g/mol. The van der Waals surface area contributed by atoms with Gasteiger partial charge in [0.2, 0.25) is 11.8 Å². The van der Waals surface area contributed by atoms with E-state index in [1.165, 1.54) is 6.08 Å². The van der Waals surface area contributed by atoms with Gasteiger partial charge in [0.15, 0.2) is 0 Å². The van der Waals surface area contributed by atoms with E-state index < -0.39 is 5.91 Å². The molecule has 3 N–H and O–H groups in total. The normalized spacial score (nSPS) is 10.1. The summed E-state index contributed by atoms with van der Waals surface area (Å²) in [6.45, 7) is 0. The van der Waals surface area contributed by atoms with Crippen LogP contribution in [0.15, 0.2) is 54.6 Å². The van der Waals surface area contributed by atoms with Gasteiger partial charge in [-0.05, 0) is 48.0 Å². The maximum atomic E-state index is 11.8. The maximum absolute atomic E-state index is 11.8. The van der Waals surface area contributed by atoms with Crippen molar-refractivity contribution in [1.29, 1.82) is 5.26 Å². The van der Waals surface area contributed by atoms with Crippen LogP contribution in [0, 0.1) is 11.3 Å². The zero-order valence-corrected chi connectivity index (χ0v) is 11.6. The maximum Gasteiger partial charge on any atom is 0.248 e. The van der Waals surface area contributed by atoms with Crippen LogP contribution in [-0.4, -0.2) is 11.8 Å². The number of hydrogen-bond donors (Lipinski definition) is 2. The summed E-state index contributed by atoms with van der Waals surface area (Å²) in [6, 6.07) is 15.2.